The van der Waals surface area contributed by atoms with E-state index >= 15 is 9.59 Å². The van der Waals surface area contributed by atoms with Crippen LogP contribution in [0.5, 0.6) is 0 Å². The fourth-order valence-corrected chi connectivity index (χ4v) is 16.8. The molecule has 0 heterocycles. The predicted molar refractivity (Wildman–Crippen MR) is 515 cm³/mol. The molecule has 18 rings (SSSR count). The first-order chi connectivity index (χ1) is 59.5. The van der Waals surface area contributed by atoms with Gasteiger partial charge in [-0.1, -0.05) is 396 Å². The van der Waals surface area contributed by atoms with Gasteiger partial charge in [0.2, 0.25) is 0 Å². The van der Waals surface area contributed by atoms with Crippen LogP contribution in [0.15, 0.2) is 400 Å². The number of nitrogens with one attached hydrogen (secondary N) is 2. The highest BCUT2D eigenvalue weighted by Gasteiger charge is 2.29. The molecule has 4 heteroatoms. The van der Waals surface area contributed by atoms with E-state index in [4.69, 9.17) is 0 Å². The molecule has 0 saturated carbocycles. The van der Waals surface area contributed by atoms with Crippen molar-refractivity contribution >= 4 is 23.2 Å². The van der Waals surface area contributed by atoms with Gasteiger partial charge >= 0.3 is 11.8 Å². The van der Waals surface area contributed by atoms with Gasteiger partial charge in [0.05, 0.1) is 11.4 Å². The molecule has 0 bridgehead atoms. The molecule has 0 aliphatic carbocycles. The number of anilines is 2. The summed E-state index contributed by atoms with van der Waals surface area (Å²) in [5.74, 6) is -1.68. The lowest BCUT2D eigenvalue weighted by atomic mass is 9.82. The Morgan fingerprint density at radius 2 is 0.287 bits per heavy atom. The number of amides is 2. The second-order valence-corrected chi connectivity index (χ2v) is 32.7. The Labute approximate surface area is 716 Å². The van der Waals surface area contributed by atoms with Crippen LogP contribution in [0.2, 0.25) is 0 Å². The van der Waals surface area contributed by atoms with Gasteiger partial charge < -0.3 is 10.6 Å². The highest BCUT2D eigenvalue weighted by atomic mass is 16.2. The van der Waals surface area contributed by atoms with Gasteiger partial charge in [-0.3, -0.25) is 9.59 Å². The fourth-order valence-electron chi connectivity index (χ4n) is 16.8. The van der Waals surface area contributed by atoms with Gasteiger partial charge in [0.1, 0.15) is 0 Å². The summed E-state index contributed by atoms with van der Waals surface area (Å²) in [4.78, 5) is 32.5. The molecule has 0 fully saturated rings. The molecule has 0 aliphatic rings. The highest BCUT2D eigenvalue weighted by Crippen LogP contribution is 2.52. The van der Waals surface area contributed by atoms with Gasteiger partial charge in [-0.15, -0.1) is 0 Å². The molecule has 0 aromatic heterocycles. The third-order valence-electron chi connectivity index (χ3n) is 23.8. The maximum absolute atomic E-state index is 16.3. The second-order valence-electron chi connectivity index (χ2n) is 32.7. The molecular formula is C118H92N2O2. The van der Waals surface area contributed by atoms with Gasteiger partial charge in [-0.2, -0.15) is 0 Å². The van der Waals surface area contributed by atoms with E-state index in [-0.39, 0.29) is 0 Å². The molecule has 0 spiro atoms. The molecule has 0 radical (unpaired) electrons. The Balaban J connectivity index is 0.829. The van der Waals surface area contributed by atoms with Gasteiger partial charge in [0, 0.05) is 22.3 Å². The number of aryl methyl sites for hydroxylation is 8. The average Bonchev–Trinajstić information content (AvgIpc) is 0.749. The zero-order chi connectivity index (χ0) is 83.5. The smallest absolute Gasteiger partial charge is 0.314 e. The van der Waals surface area contributed by atoms with Crippen LogP contribution < -0.4 is 10.6 Å². The Bertz CT molecular complexity index is 6100. The zero-order valence-corrected chi connectivity index (χ0v) is 69.9. The van der Waals surface area contributed by atoms with E-state index in [1.165, 1.54) is 22.3 Å². The summed E-state index contributed by atoms with van der Waals surface area (Å²) in [6, 6.07) is 144. The quantitative estimate of drug-likeness (QED) is 0.0841. The lowest BCUT2D eigenvalue weighted by Gasteiger charge is -2.24. The molecule has 0 atom stereocenters. The van der Waals surface area contributed by atoms with E-state index in [9.17, 15) is 0 Å². The largest absolute Gasteiger partial charge is 0.317 e. The number of carbonyl (C=O) groups excluding carboxylic acids is 2. The van der Waals surface area contributed by atoms with Gasteiger partial charge in [0.25, 0.3) is 0 Å². The van der Waals surface area contributed by atoms with Crippen molar-refractivity contribution in [1.29, 1.82) is 0 Å². The van der Waals surface area contributed by atoms with Crippen molar-refractivity contribution < 1.29 is 9.59 Å². The predicted octanol–water partition coefficient (Wildman–Crippen LogP) is 31.4. The molecule has 2 N–H and O–H groups in total. The molecule has 2 amide bonds. The SMILES string of the molecule is Cc1ccc(-c2ccc(-c3cc(-c4ccccc4)cc(-c4ccc(-c5ccc(C)cc5)cc4)c3-c3cc(-c4ccc(C)cc4)c(NC(=O)C(=O)Nc4c(-c5ccc(C)cc5)cc(-c5c(-c6ccc(-c7ccc(C)cc7)cc6)cc(-c6ccccc6)cc5-c5ccc(-c6ccc(C)cc6)cc5)cc4-c4ccc(C)cc4)c(-c4ccc(C)cc4)c3)cc2)cc1. The normalized spacial score (nSPS) is 11.2. The van der Waals surface area contributed by atoms with E-state index in [0.717, 1.165) is 200 Å². The Morgan fingerprint density at radius 1 is 0.148 bits per heavy atom. The molecule has 18 aromatic rings. The first-order valence-electron chi connectivity index (χ1n) is 42.0. The van der Waals surface area contributed by atoms with Crippen molar-refractivity contribution in [3.05, 3.63) is 445 Å². The number of hydrogen-bond acceptors (Lipinski definition) is 2. The van der Waals surface area contributed by atoms with E-state index < -0.39 is 11.8 Å². The Kier molecular flexibility index (Phi) is 21.8. The molecule has 0 unspecified atom stereocenters. The van der Waals surface area contributed by atoms with Crippen LogP contribution in [0.1, 0.15) is 44.5 Å². The topological polar surface area (TPSA) is 58.2 Å². The molecule has 586 valence electrons. The minimum absolute atomic E-state index is 0.487. The fraction of sp³-hybridized carbons (Fsp3) is 0.0678. The maximum Gasteiger partial charge on any atom is 0.314 e. The standard InChI is InChI=1S/C118H92N2O2/c1-75-19-35-85(36-20-75)89-51-59-93(60-52-89)105-67-101(83-15-11-9-12-16-83)68-106(94-61-53-90(54-62-94)86-37-21-76(2)22-38-86)113(105)103-71-109(97-43-27-79(5)28-44-97)115(110(72-103)98-45-29-80(6)30-46-98)119-117(121)118(122)120-116-111(99-47-31-81(7)32-48-99)73-104(74-112(116)100-49-33-82(8)34-50-100)114-107(95-63-55-91(56-64-95)87-39-23-77(3)24-40-87)69-102(84-17-13-10-14-18-84)70-108(114)96-65-57-92(58-66-96)88-41-25-78(4)26-42-88/h9-74H,1-8H3,(H,119,121)(H,120,122). The van der Waals surface area contributed by atoms with Crippen LogP contribution in [-0.2, 0) is 9.59 Å². The summed E-state index contributed by atoms with van der Waals surface area (Å²) >= 11 is 0. The van der Waals surface area contributed by atoms with E-state index in [1.54, 1.807) is 0 Å². The summed E-state index contributed by atoms with van der Waals surface area (Å²) in [5, 5.41) is 6.80. The monoisotopic (exact) mass is 1570 g/mol. The van der Waals surface area contributed by atoms with Crippen LogP contribution >= 0.6 is 0 Å². The lowest BCUT2D eigenvalue weighted by molar-refractivity contribution is -0.132. The van der Waals surface area contributed by atoms with Crippen molar-refractivity contribution in [2.45, 2.75) is 55.4 Å². The Morgan fingerprint density at radius 3 is 0.475 bits per heavy atom. The zero-order valence-electron chi connectivity index (χ0n) is 69.9. The van der Waals surface area contributed by atoms with Crippen molar-refractivity contribution in [1.82, 2.24) is 0 Å². The van der Waals surface area contributed by atoms with Gasteiger partial charge in [-0.25, -0.2) is 0 Å². The first kappa shape index (κ1) is 78.1. The molecule has 18 aromatic carbocycles. The number of benzene rings is 18. The summed E-state index contributed by atoms with van der Waals surface area (Å²) in [6.07, 6.45) is 0. The van der Waals surface area contributed by atoms with E-state index in [1.807, 2.05) is 0 Å². The van der Waals surface area contributed by atoms with E-state index in [2.05, 4.69) is 466 Å². The Hall–Kier alpha value is -15.1. The van der Waals surface area contributed by atoms with Crippen molar-refractivity contribution in [2.75, 3.05) is 10.6 Å². The average molecular weight is 1570 g/mol. The van der Waals surface area contributed by atoms with Gasteiger partial charge in [0.15, 0.2) is 0 Å². The first-order valence-corrected chi connectivity index (χ1v) is 42.0. The van der Waals surface area contributed by atoms with Crippen LogP contribution in [-0.4, -0.2) is 11.8 Å². The molecular weight excluding hydrogens is 1480 g/mol. The van der Waals surface area contributed by atoms with Crippen molar-refractivity contribution in [3.8, 4) is 178 Å². The van der Waals surface area contributed by atoms with Crippen molar-refractivity contribution in [3.63, 3.8) is 0 Å². The minimum atomic E-state index is -0.839. The third kappa shape index (κ3) is 16.6. The minimum Gasteiger partial charge on any atom is -0.317 e. The molecule has 0 saturated heterocycles. The summed E-state index contributed by atoms with van der Waals surface area (Å²) < 4.78 is 0. The summed E-state index contributed by atoms with van der Waals surface area (Å²) in [7, 11) is 0. The van der Waals surface area contributed by atoms with Crippen LogP contribution in [0.3, 0.4) is 0 Å². The maximum atomic E-state index is 16.3. The van der Waals surface area contributed by atoms with Gasteiger partial charge in [-0.05, 0) is 260 Å². The molecule has 122 heavy (non-hydrogen) atoms. The van der Waals surface area contributed by atoms with Crippen molar-refractivity contribution in [2.24, 2.45) is 0 Å². The van der Waals surface area contributed by atoms with Crippen LogP contribution in [0.4, 0.5) is 11.4 Å². The molecule has 4 nitrogen and oxygen atoms in total. The highest BCUT2D eigenvalue weighted by molar-refractivity contribution is 6.45. The summed E-state index contributed by atoms with van der Waals surface area (Å²) in [6.45, 7) is 16.8. The molecule has 0 aliphatic heterocycles. The van der Waals surface area contributed by atoms with Crippen LogP contribution in [0.25, 0.3) is 178 Å². The van der Waals surface area contributed by atoms with Crippen LogP contribution in [0, 0.1) is 55.4 Å². The number of rotatable bonds is 18. The second kappa shape index (κ2) is 34.1. The summed E-state index contributed by atoms with van der Waals surface area (Å²) in [5.41, 5.74) is 41.9. The number of hydrogen-bond donors (Lipinski definition) is 2. The third-order valence-corrected chi connectivity index (χ3v) is 23.8. The van der Waals surface area contributed by atoms with E-state index in [0.29, 0.717) is 11.4 Å². The lowest BCUT2D eigenvalue weighted by Crippen LogP contribution is -2.30. The number of carbonyl (C=O) groups is 2.